The molecule has 16 heavy (non-hydrogen) atoms. The number of rotatable bonds is 6. The summed E-state index contributed by atoms with van der Waals surface area (Å²) in [4.78, 5) is 3.62. The van der Waals surface area contributed by atoms with E-state index in [1.807, 2.05) is 11.8 Å². The minimum atomic E-state index is 0.666. The first-order valence-electron chi connectivity index (χ1n) is 5.98. The third-order valence-corrected chi connectivity index (χ3v) is 3.38. The molecule has 0 atom stereocenters. The van der Waals surface area contributed by atoms with Gasteiger partial charge in [0.25, 0.3) is 0 Å². The predicted molar refractivity (Wildman–Crippen MR) is 74.3 cm³/mol. The Bertz CT molecular complexity index is 290. The van der Waals surface area contributed by atoms with Crippen LogP contribution in [0.3, 0.4) is 0 Å². The summed E-state index contributed by atoms with van der Waals surface area (Å²) in [5, 5.41) is 0.666. The molecule has 1 nitrogen and oxygen atoms in total. The van der Waals surface area contributed by atoms with Gasteiger partial charge >= 0.3 is 0 Å². The molecule has 0 saturated heterocycles. The van der Waals surface area contributed by atoms with Gasteiger partial charge in [0, 0.05) is 10.1 Å². The van der Waals surface area contributed by atoms with Gasteiger partial charge < -0.3 is 4.90 Å². The van der Waals surface area contributed by atoms with Gasteiger partial charge in [0.05, 0.1) is 0 Å². The third-order valence-electron chi connectivity index (χ3n) is 2.37. The van der Waals surface area contributed by atoms with E-state index in [4.69, 9.17) is 0 Å². The van der Waals surface area contributed by atoms with Crippen LogP contribution in [0.2, 0.25) is 0 Å². The van der Waals surface area contributed by atoms with E-state index in [2.05, 4.69) is 57.1 Å². The quantitative estimate of drug-likeness (QED) is 0.694. The fraction of sp³-hybridized carbons (Fsp3) is 0.571. The van der Waals surface area contributed by atoms with Gasteiger partial charge in [-0.15, -0.1) is 11.8 Å². The van der Waals surface area contributed by atoms with E-state index in [0.29, 0.717) is 5.25 Å². The van der Waals surface area contributed by atoms with Gasteiger partial charge in [0.1, 0.15) is 0 Å². The van der Waals surface area contributed by atoms with Crippen LogP contribution < -0.4 is 0 Å². The first-order valence-corrected chi connectivity index (χ1v) is 6.86. The van der Waals surface area contributed by atoms with Crippen LogP contribution in [0, 0.1) is 0 Å². The average molecular weight is 237 g/mol. The molecule has 0 saturated carbocycles. The maximum Gasteiger partial charge on any atom is 0.00747 e. The second-order valence-electron chi connectivity index (χ2n) is 4.72. The summed E-state index contributed by atoms with van der Waals surface area (Å²) in [6.45, 7) is 5.63. The molecule has 0 aliphatic rings. The van der Waals surface area contributed by atoms with E-state index >= 15 is 0 Å². The molecule has 0 amide bonds. The van der Waals surface area contributed by atoms with Crippen molar-refractivity contribution in [3.63, 3.8) is 0 Å². The van der Waals surface area contributed by atoms with Gasteiger partial charge in [-0.25, -0.2) is 0 Å². The second kappa shape index (κ2) is 6.97. The van der Waals surface area contributed by atoms with E-state index in [9.17, 15) is 0 Å². The van der Waals surface area contributed by atoms with E-state index in [1.54, 1.807) is 0 Å². The largest absolute Gasteiger partial charge is 0.309 e. The van der Waals surface area contributed by atoms with Gasteiger partial charge in [-0.05, 0) is 51.2 Å². The smallest absolute Gasteiger partial charge is 0.00747 e. The molecule has 0 spiro atoms. The molecular formula is C14H23NS. The highest BCUT2D eigenvalue weighted by Crippen LogP contribution is 2.23. The van der Waals surface area contributed by atoms with Crippen LogP contribution in [0.5, 0.6) is 0 Å². The molecule has 1 aromatic carbocycles. The molecule has 1 aromatic rings. The predicted octanol–water partition coefficient (Wildman–Crippen LogP) is 3.68. The van der Waals surface area contributed by atoms with Crippen LogP contribution in [-0.4, -0.2) is 30.8 Å². The molecule has 0 aliphatic heterocycles. The Morgan fingerprint density at radius 3 is 2.25 bits per heavy atom. The average Bonchev–Trinajstić information content (AvgIpc) is 2.19. The zero-order valence-corrected chi connectivity index (χ0v) is 11.7. The maximum absolute atomic E-state index is 2.26. The van der Waals surface area contributed by atoms with Crippen LogP contribution in [0.25, 0.3) is 0 Å². The minimum absolute atomic E-state index is 0.666. The summed E-state index contributed by atoms with van der Waals surface area (Å²) in [5.41, 5.74) is 1.45. The molecular weight excluding hydrogens is 214 g/mol. The topological polar surface area (TPSA) is 3.24 Å². The summed E-state index contributed by atoms with van der Waals surface area (Å²) in [6, 6.07) is 9.02. The molecule has 0 fully saturated rings. The Balaban J connectivity index is 2.39. The van der Waals surface area contributed by atoms with Crippen LogP contribution in [-0.2, 0) is 6.42 Å². The number of benzene rings is 1. The van der Waals surface area contributed by atoms with Crippen molar-refractivity contribution in [2.75, 3.05) is 20.6 Å². The molecule has 0 unspecified atom stereocenters. The first kappa shape index (κ1) is 13.6. The van der Waals surface area contributed by atoms with E-state index in [0.717, 1.165) is 0 Å². The number of aryl methyl sites for hydroxylation is 1. The highest BCUT2D eigenvalue weighted by atomic mass is 32.2. The van der Waals surface area contributed by atoms with E-state index in [-0.39, 0.29) is 0 Å². The zero-order valence-electron chi connectivity index (χ0n) is 10.9. The molecule has 90 valence electrons. The Labute approximate surface area is 104 Å². The summed E-state index contributed by atoms with van der Waals surface area (Å²) >= 11 is 1.93. The number of nitrogens with zero attached hydrogens (tertiary/aromatic N) is 1. The lowest BCUT2D eigenvalue weighted by Crippen LogP contribution is -2.13. The molecule has 0 radical (unpaired) electrons. The molecule has 1 rings (SSSR count). The van der Waals surface area contributed by atoms with Crippen molar-refractivity contribution in [3.05, 3.63) is 29.8 Å². The van der Waals surface area contributed by atoms with Gasteiger partial charge in [-0.3, -0.25) is 0 Å². The van der Waals surface area contributed by atoms with E-state index < -0.39 is 0 Å². The van der Waals surface area contributed by atoms with Crippen LogP contribution >= 0.6 is 11.8 Å². The Hall–Kier alpha value is -0.470. The second-order valence-corrected chi connectivity index (χ2v) is 6.37. The maximum atomic E-state index is 2.26. The van der Waals surface area contributed by atoms with Crippen molar-refractivity contribution in [2.24, 2.45) is 0 Å². The van der Waals surface area contributed by atoms with Crippen molar-refractivity contribution in [2.45, 2.75) is 36.8 Å². The zero-order chi connectivity index (χ0) is 12.0. The van der Waals surface area contributed by atoms with Crippen molar-refractivity contribution in [1.29, 1.82) is 0 Å². The summed E-state index contributed by atoms with van der Waals surface area (Å²) < 4.78 is 0. The molecule has 2 heteroatoms. The SMILES string of the molecule is CC(C)Sc1ccc(CCCN(C)C)cc1. The molecule has 0 heterocycles. The summed E-state index contributed by atoms with van der Waals surface area (Å²) in [6.07, 6.45) is 2.43. The highest BCUT2D eigenvalue weighted by molar-refractivity contribution is 7.99. The van der Waals surface area contributed by atoms with E-state index in [1.165, 1.54) is 29.8 Å². The van der Waals surface area contributed by atoms with Crippen molar-refractivity contribution >= 4 is 11.8 Å². The Morgan fingerprint density at radius 2 is 1.75 bits per heavy atom. The molecule has 0 bridgehead atoms. The van der Waals surface area contributed by atoms with Crippen LogP contribution in [0.1, 0.15) is 25.8 Å². The lowest BCUT2D eigenvalue weighted by Gasteiger charge is -2.09. The first-order chi connectivity index (χ1) is 7.58. The Morgan fingerprint density at radius 1 is 1.12 bits per heavy atom. The van der Waals surface area contributed by atoms with Crippen molar-refractivity contribution in [1.82, 2.24) is 4.90 Å². The monoisotopic (exact) mass is 237 g/mol. The number of hydrogen-bond donors (Lipinski definition) is 0. The van der Waals surface area contributed by atoms with Crippen LogP contribution in [0.4, 0.5) is 0 Å². The van der Waals surface area contributed by atoms with Gasteiger partial charge in [0.15, 0.2) is 0 Å². The summed E-state index contributed by atoms with van der Waals surface area (Å²) in [5.74, 6) is 0. The lowest BCUT2D eigenvalue weighted by atomic mass is 10.1. The van der Waals surface area contributed by atoms with Gasteiger partial charge in [-0.1, -0.05) is 26.0 Å². The third kappa shape index (κ3) is 5.57. The van der Waals surface area contributed by atoms with Crippen molar-refractivity contribution < 1.29 is 0 Å². The summed E-state index contributed by atoms with van der Waals surface area (Å²) in [7, 11) is 4.25. The van der Waals surface area contributed by atoms with Crippen molar-refractivity contribution in [3.8, 4) is 0 Å². The highest BCUT2D eigenvalue weighted by Gasteiger charge is 1.99. The van der Waals surface area contributed by atoms with Gasteiger partial charge in [-0.2, -0.15) is 0 Å². The number of hydrogen-bond acceptors (Lipinski definition) is 2. The Kier molecular flexibility index (Phi) is 5.93. The standard InChI is InChI=1S/C14H23NS/c1-12(2)16-14-9-7-13(8-10-14)6-5-11-15(3)4/h7-10,12H,5-6,11H2,1-4H3. The molecule has 0 aromatic heterocycles. The minimum Gasteiger partial charge on any atom is -0.309 e. The fourth-order valence-corrected chi connectivity index (χ4v) is 2.44. The molecule has 0 N–H and O–H groups in total. The number of thioether (sulfide) groups is 1. The van der Waals surface area contributed by atoms with Gasteiger partial charge in [0.2, 0.25) is 0 Å². The lowest BCUT2D eigenvalue weighted by molar-refractivity contribution is 0.400. The van der Waals surface area contributed by atoms with Crippen LogP contribution in [0.15, 0.2) is 29.2 Å². The normalized spacial score (nSPS) is 11.4. The molecule has 0 aliphatic carbocycles. The fourth-order valence-electron chi connectivity index (χ4n) is 1.61.